The van der Waals surface area contributed by atoms with Gasteiger partial charge in [-0.05, 0) is 12.0 Å². The number of imide groups is 1. The third-order valence-electron chi connectivity index (χ3n) is 2.71. The van der Waals surface area contributed by atoms with Crippen molar-refractivity contribution in [2.45, 2.75) is 26.3 Å². The Balaban J connectivity index is 2.35. The summed E-state index contributed by atoms with van der Waals surface area (Å²) in [7, 11) is 0. The van der Waals surface area contributed by atoms with Gasteiger partial charge in [0, 0.05) is 24.9 Å². The predicted molar refractivity (Wildman–Crippen MR) is 72.8 cm³/mol. The number of rotatable bonds is 6. The Labute approximate surface area is 121 Å². The molecule has 0 aromatic heterocycles. The van der Waals surface area contributed by atoms with Crippen LogP contribution in [0.25, 0.3) is 0 Å². The normalized spacial score (nSPS) is 11.5. The highest BCUT2D eigenvalue weighted by Gasteiger charge is 2.14. The largest absolute Gasteiger partial charge is 0.481 e. The molecule has 0 aliphatic carbocycles. The highest BCUT2D eigenvalue weighted by molar-refractivity contribution is 5.94. The first-order chi connectivity index (χ1) is 9.88. The van der Waals surface area contributed by atoms with Crippen LogP contribution in [0.2, 0.25) is 0 Å². The molecule has 6 nitrogen and oxygen atoms in total. The number of halogens is 1. The van der Waals surface area contributed by atoms with Crippen LogP contribution in [-0.4, -0.2) is 23.0 Å². The van der Waals surface area contributed by atoms with Gasteiger partial charge in [0.2, 0.25) is 5.91 Å². The lowest BCUT2D eigenvalue weighted by Crippen LogP contribution is -2.39. The fourth-order valence-corrected chi connectivity index (χ4v) is 1.73. The molecule has 0 saturated carbocycles. The van der Waals surface area contributed by atoms with Crippen molar-refractivity contribution in [3.8, 4) is 0 Å². The molecule has 21 heavy (non-hydrogen) atoms. The zero-order valence-corrected chi connectivity index (χ0v) is 11.6. The Hall–Kier alpha value is -2.44. The number of carbonyl (C=O) groups is 3. The van der Waals surface area contributed by atoms with Crippen LogP contribution in [0.4, 0.5) is 9.18 Å². The number of hydrogen-bond donors (Lipinski definition) is 3. The smallest absolute Gasteiger partial charge is 0.321 e. The Morgan fingerprint density at radius 3 is 2.52 bits per heavy atom. The summed E-state index contributed by atoms with van der Waals surface area (Å²) < 4.78 is 13.3. The Morgan fingerprint density at radius 1 is 1.24 bits per heavy atom. The van der Waals surface area contributed by atoms with Crippen LogP contribution in [0.5, 0.6) is 0 Å². The van der Waals surface area contributed by atoms with Crippen LogP contribution in [0.3, 0.4) is 0 Å². The van der Waals surface area contributed by atoms with Gasteiger partial charge in [-0.25, -0.2) is 9.18 Å². The lowest BCUT2D eigenvalue weighted by Gasteiger charge is -2.10. The van der Waals surface area contributed by atoms with Crippen molar-refractivity contribution in [2.75, 3.05) is 0 Å². The Bertz CT molecular complexity index is 533. The van der Waals surface area contributed by atoms with Gasteiger partial charge in [-0.3, -0.25) is 14.9 Å². The molecule has 1 unspecified atom stereocenters. The lowest BCUT2D eigenvalue weighted by atomic mass is 10.0. The van der Waals surface area contributed by atoms with Gasteiger partial charge in [-0.15, -0.1) is 0 Å². The minimum atomic E-state index is -1.00. The first-order valence-corrected chi connectivity index (χ1v) is 6.41. The highest BCUT2D eigenvalue weighted by atomic mass is 19.1. The molecule has 3 amide bonds. The number of amides is 3. The number of hydrogen-bond acceptors (Lipinski definition) is 3. The van der Waals surface area contributed by atoms with Crippen LogP contribution in [0.1, 0.15) is 25.3 Å². The third kappa shape index (κ3) is 6.51. The van der Waals surface area contributed by atoms with E-state index in [1.54, 1.807) is 13.0 Å². The Morgan fingerprint density at radius 2 is 1.90 bits per heavy atom. The molecule has 1 aromatic rings. The van der Waals surface area contributed by atoms with E-state index in [1.165, 1.54) is 18.2 Å². The number of benzene rings is 1. The minimum absolute atomic E-state index is 0.0452. The molecule has 1 atom stereocenters. The number of aliphatic carboxylic acids is 1. The molecule has 0 aliphatic heterocycles. The fraction of sp³-hybridized carbons (Fsp3) is 0.357. The number of carbonyl (C=O) groups excluding carboxylic acids is 2. The van der Waals surface area contributed by atoms with Gasteiger partial charge in [0.25, 0.3) is 0 Å². The second-order valence-corrected chi connectivity index (χ2v) is 4.73. The molecule has 0 heterocycles. The summed E-state index contributed by atoms with van der Waals surface area (Å²) in [6.45, 7) is 1.56. The number of carboxylic acid groups (broad SMARTS) is 1. The predicted octanol–water partition coefficient (Wildman–Crippen LogP) is 1.65. The fourth-order valence-electron chi connectivity index (χ4n) is 1.73. The molecule has 0 aliphatic rings. The summed E-state index contributed by atoms with van der Waals surface area (Å²) >= 11 is 0. The summed E-state index contributed by atoms with van der Waals surface area (Å²) in [5.74, 6) is -2.39. The van der Waals surface area contributed by atoms with Gasteiger partial charge in [-0.1, -0.05) is 25.1 Å². The molecular formula is C14H17FN2O4. The average Bonchev–Trinajstić information content (AvgIpc) is 2.36. The average molecular weight is 296 g/mol. The molecule has 3 N–H and O–H groups in total. The topological polar surface area (TPSA) is 95.5 Å². The first-order valence-electron chi connectivity index (χ1n) is 6.41. The van der Waals surface area contributed by atoms with E-state index in [4.69, 9.17) is 5.11 Å². The van der Waals surface area contributed by atoms with Gasteiger partial charge in [-0.2, -0.15) is 0 Å². The van der Waals surface area contributed by atoms with Crippen LogP contribution in [-0.2, 0) is 16.1 Å². The van der Waals surface area contributed by atoms with Crippen molar-refractivity contribution >= 4 is 17.9 Å². The van der Waals surface area contributed by atoms with Crippen LogP contribution < -0.4 is 10.6 Å². The molecule has 7 heteroatoms. The molecular weight excluding hydrogens is 279 g/mol. The number of nitrogens with one attached hydrogen (secondary N) is 2. The van der Waals surface area contributed by atoms with Gasteiger partial charge < -0.3 is 10.4 Å². The van der Waals surface area contributed by atoms with E-state index in [1.807, 2.05) is 0 Å². The van der Waals surface area contributed by atoms with Gasteiger partial charge >= 0.3 is 12.0 Å². The molecule has 114 valence electrons. The maximum atomic E-state index is 13.3. The molecule has 0 bridgehead atoms. The van der Waals surface area contributed by atoms with E-state index in [-0.39, 0.29) is 25.3 Å². The summed E-state index contributed by atoms with van der Waals surface area (Å²) in [6.07, 6.45) is -0.219. The SMILES string of the molecule is CC(CC(=O)O)CC(=O)NC(=O)NCc1ccccc1F. The van der Waals surface area contributed by atoms with Crippen molar-refractivity contribution in [2.24, 2.45) is 5.92 Å². The minimum Gasteiger partial charge on any atom is -0.481 e. The monoisotopic (exact) mass is 296 g/mol. The van der Waals surface area contributed by atoms with Crippen LogP contribution in [0, 0.1) is 11.7 Å². The summed E-state index contributed by atoms with van der Waals surface area (Å²) in [6, 6.07) is 5.22. The van der Waals surface area contributed by atoms with Crippen molar-refractivity contribution < 1.29 is 23.9 Å². The number of urea groups is 1. The molecule has 0 fully saturated rings. The molecule has 0 radical (unpaired) electrons. The van der Waals surface area contributed by atoms with E-state index in [0.29, 0.717) is 5.56 Å². The van der Waals surface area contributed by atoms with Crippen molar-refractivity contribution in [3.63, 3.8) is 0 Å². The van der Waals surface area contributed by atoms with Crippen molar-refractivity contribution in [1.29, 1.82) is 0 Å². The maximum Gasteiger partial charge on any atom is 0.321 e. The lowest BCUT2D eigenvalue weighted by molar-refractivity contribution is -0.138. The number of carboxylic acids is 1. The second kappa shape index (κ2) is 7.98. The first kappa shape index (κ1) is 16.6. The summed E-state index contributed by atoms with van der Waals surface area (Å²) in [5, 5.41) is 13.0. The van der Waals surface area contributed by atoms with Crippen LogP contribution in [0.15, 0.2) is 24.3 Å². The van der Waals surface area contributed by atoms with Crippen molar-refractivity contribution in [1.82, 2.24) is 10.6 Å². The van der Waals surface area contributed by atoms with Gasteiger partial charge in [0.05, 0.1) is 0 Å². The summed E-state index contributed by atoms with van der Waals surface area (Å²) in [4.78, 5) is 33.4. The molecule has 0 saturated heterocycles. The van der Waals surface area contributed by atoms with Gasteiger partial charge in [0.15, 0.2) is 0 Å². The van der Waals surface area contributed by atoms with E-state index in [0.717, 1.165) is 0 Å². The van der Waals surface area contributed by atoms with Gasteiger partial charge in [0.1, 0.15) is 5.82 Å². The summed E-state index contributed by atoms with van der Waals surface area (Å²) in [5.41, 5.74) is 0.305. The maximum absolute atomic E-state index is 13.3. The quantitative estimate of drug-likeness (QED) is 0.744. The van der Waals surface area contributed by atoms with E-state index in [2.05, 4.69) is 10.6 Å². The molecule has 1 rings (SSSR count). The standard InChI is InChI=1S/C14H17FN2O4/c1-9(7-13(19)20)6-12(18)17-14(21)16-8-10-4-2-3-5-11(10)15/h2-5,9H,6-8H2,1H3,(H,19,20)(H2,16,17,18,21). The molecule has 1 aromatic carbocycles. The second-order valence-electron chi connectivity index (χ2n) is 4.73. The van der Waals surface area contributed by atoms with E-state index in [9.17, 15) is 18.8 Å². The zero-order chi connectivity index (χ0) is 15.8. The highest BCUT2D eigenvalue weighted by Crippen LogP contribution is 2.07. The van der Waals surface area contributed by atoms with E-state index < -0.39 is 23.7 Å². The van der Waals surface area contributed by atoms with Crippen molar-refractivity contribution in [3.05, 3.63) is 35.6 Å². The molecule has 0 spiro atoms. The Kier molecular flexibility index (Phi) is 6.32. The zero-order valence-electron chi connectivity index (χ0n) is 11.6. The van der Waals surface area contributed by atoms with E-state index >= 15 is 0 Å². The van der Waals surface area contributed by atoms with Crippen LogP contribution >= 0.6 is 0 Å². The third-order valence-corrected chi connectivity index (χ3v) is 2.71.